The fraction of sp³-hybridized carbons (Fsp3) is 0.500. The first-order valence-electron chi connectivity index (χ1n) is 10.5. The zero-order chi connectivity index (χ0) is 21.0. The van der Waals surface area contributed by atoms with E-state index in [-0.39, 0.29) is 12.0 Å². The van der Waals surface area contributed by atoms with Gasteiger partial charge in [0.15, 0.2) is 23.3 Å². The van der Waals surface area contributed by atoms with E-state index in [9.17, 15) is 22.7 Å². The van der Waals surface area contributed by atoms with Gasteiger partial charge in [-0.15, -0.1) is 0 Å². The summed E-state index contributed by atoms with van der Waals surface area (Å²) < 4.78 is 55.4. The molecule has 1 nitrogen and oxygen atoms in total. The van der Waals surface area contributed by atoms with Gasteiger partial charge in [0, 0.05) is 5.56 Å². The van der Waals surface area contributed by atoms with Crippen LogP contribution in [0.15, 0.2) is 30.3 Å². The molecule has 2 aromatic carbocycles. The van der Waals surface area contributed by atoms with E-state index >= 15 is 0 Å². The number of hydrogen-bond acceptors (Lipinski definition) is 1. The first-order chi connectivity index (χ1) is 13.8. The molecule has 0 bridgehead atoms. The molecule has 2 aromatic rings. The van der Waals surface area contributed by atoms with Crippen molar-refractivity contribution in [3.05, 3.63) is 70.3 Å². The van der Waals surface area contributed by atoms with E-state index in [1.165, 1.54) is 18.6 Å². The van der Waals surface area contributed by atoms with Crippen molar-refractivity contribution in [2.24, 2.45) is 5.92 Å². The molecule has 5 heteroatoms. The van der Waals surface area contributed by atoms with Gasteiger partial charge in [0.25, 0.3) is 0 Å². The fourth-order valence-corrected chi connectivity index (χ4v) is 4.37. The minimum absolute atomic E-state index is 0.0258. The number of halogens is 4. The van der Waals surface area contributed by atoms with Crippen molar-refractivity contribution >= 4 is 0 Å². The normalized spacial score (nSPS) is 22.1. The Balaban J connectivity index is 1.77. The Morgan fingerprint density at radius 1 is 0.897 bits per heavy atom. The first-order valence-corrected chi connectivity index (χ1v) is 10.5. The summed E-state index contributed by atoms with van der Waals surface area (Å²) in [7, 11) is 0. The maximum Gasteiger partial charge on any atom is 0.164 e. The lowest BCUT2D eigenvalue weighted by molar-refractivity contribution is -0.0188. The molecule has 1 aliphatic carbocycles. The zero-order valence-electron chi connectivity index (χ0n) is 16.8. The third-order valence-corrected chi connectivity index (χ3v) is 6.13. The van der Waals surface area contributed by atoms with E-state index in [1.807, 2.05) is 0 Å². The topological polar surface area (TPSA) is 20.2 Å². The highest BCUT2D eigenvalue weighted by atomic mass is 19.2. The summed E-state index contributed by atoms with van der Waals surface area (Å²) in [5.74, 6) is -3.47. The van der Waals surface area contributed by atoms with Crippen LogP contribution in [-0.2, 0) is 12.0 Å². The fourth-order valence-electron chi connectivity index (χ4n) is 4.37. The molecule has 1 fully saturated rings. The minimum atomic E-state index is -1.39. The molecule has 158 valence electrons. The Bertz CT molecular complexity index is 841. The quantitative estimate of drug-likeness (QED) is 0.395. The van der Waals surface area contributed by atoms with Crippen molar-refractivity contribution in [3.63, 3.8) is 0 Å². The molecule has 0 atom stereocenters. The van der Waals surface area contributed by atoms with Crippen LogP contribution < -0.4 is 0 Å². The highest BCUT2D eigenvalue weighted by Crippen LogP contribution is 2.42. The van der Waals surface area contributed by atoms with Crippen molar-refractivity contribution in [2.45, 2.75) is 70.3 Å². The van der Waals surface area contributed by atoms with Crippen LogP contribution in [0, 0.1) is 29.2 Å². The van der Waals surface area contributed by atoms with Gasteiger partial charge in [0.1, 0.15) is 0 Å². The molecule has 0 heterocycles. The number of unbranched alkanes of at least 4 members (excludes halogenated alkanes) is 2. The second-order valence-corrected chi connectivity index (χ2v) is 8.34. The Hall–Kier alpha value is -1.88. The molecule has 1 saturated carbocycles. The third kappa shape index (κ3) is 5.19. The van der Waals surface area contributed by atoms with Crippen LogP contribution in [0.1, 0.15) is 75.0 Å². The lowest BCUT2D eigenvalue weighted by Gasteiger charge is -2.37. The van der Waals surface area contributed by atoms with Gasteiger partial charge in [0.2, 0.25) is 0 Å². The molecular formula is C24H28F4O. The summed E-state index contributed by atoms with van der Waals surface area (Å²) in [4.78, 5) is 0. The molecule has 1 N–H and O–H groups in total. The molecule has 3 rings (SSSR count). The number of aliphatic hydroxyl groups is 1. The van der Waals surface area contributed by atoms with Crippen LogP contribution >= 0.6 is 0 Å². The number of benzene rings is 2. The number of rotatable bonds is 7. The van der Waals surface area contributed by atoms with Gasteiger partial charge in [0.05, 0.1) is 5.60 Å². The number of hydrogen-bond donors (Lipinski definition) is 1. The molecule has 0 spiro atoms. The Morgan fingerprint density at radius 2 is 1.59 bits per heavy atom. The van der Waals surface area contributed by atoms with Gasteiger partial charge in [-0.1, -0.05) is 38.7 Å². The highest BCUT2D eigenvalue weighted by molar-refractivity contribution is 5.35. The summed E-state index contributed by atoms with van der Waals surface area (Å²) in [6, 6.07) is 6.00. The van der Waals surface area contributed by atoms with E-state index in [0.717, 1.165) is 50.3 Å². The minimum Gasteiger partial charge on any atom is -0.385 e. The Morgan fingerprint density at radius 3 is 2.24 bits per heavy atom. The van der Waals surface area contributed by atoms with Crippen LogP contribution in [0.3, 0.4) is 0 Å². The molecule has 0 unspecified atom stereocenters. The average Bonchev–Trinajstić information content (AvgIpc) is 2.69. The van der Waals surface area contributed by atoms with Crippen LogP contribution in [0.4, 0.5) is 17.6 Å². The molecule has 29 heavy (non-hydrogen) atoms. The predicted molar refractivity (Wildman–Crippen MR) is 106 cm³/mol. The van der Waals surface area contributed by atoms with Crippen LogP contribution in [0.25, 0.3) is 0 Å². The van der Waals surface area contributed by atoms with Crippen molar-refractivity contribution in [1.82, 2.24) is 0 Å². The summed E-state index contributed by atoms with van der Waals surface area (Å²) >= 11 is 0. The Labute approximate surface area is 169 Å². The molecule has 0 aromatic heterocycles. The van der Waals surface area contributed by atoms with E-state index < -0.39 is 28.9 Å². The predicted octanol–water partition coefficient (Wildman–Crippen LogP) is 6.79. The lowest BCUT2D eigenvalue weighted by Crippen LogP contribution is -2.33. The van der Waals surface area contributed by atoms with Crippen LogP contribution in [0.5, 0.6) is 0 Å². The second kappa shape index (κ2) is 9.29. The smallest absolute Gasteiger partial charge is 0.164 e. The van der Waals surface area contributed by atoms with Crippen molar-refractivity contribution < 1.29 is 22.7 Å². The van der Waals surface area contributed by atoms with E-state index in [4.69, 9.17) is 0 Å². The monoisotopic (exact) mass is 408 g/mol. The van der Waals surface area contributed by atoms with Crippen LogP contribution in [0.2, 0.25) is 0 Å². The van der Waals surface area contributed by atoms with E-state index in [0.29, 0.717) is 29.9 Å². The van der Waals surface area contributed by atoms with E-state index in [1.54, 1.807) is 0 Å². The molecule has 1 aliphatic rings. The van der Waals surface area contributed by atoms with Crippen molar-refractivity contribution in [2.75, 3.05) is 0 Å². The molecule has 0 aliphatic heterocycles. The van der Waals surface area contributed by atoms with Gasteiger partial charge in [-0.2, -0.15) is 0 Å². The summed E-state index contributed by atoms with van der Waals surface area (Å²) in [5.41, 5.74) is -0.547. The van der Waals surface area contributed by atoms with Crippen molar-refractivity contribution in [3.8, 4) is 0 Å². The summed E-state index contributed by atoms with van der Waals surface area (Å²) in [6.45, 7) is 2.16. The van der Waals surface area contributed by atoms with Gasteiger partial charge in [-0.05, 0) is 73.4 Å². The van der Waals surface area contributed by atoms with Crippen LogP contribution in [-0.4, -0.2) is 5.11 Å². The maximum atomic E-state index is 14.6. The molecule has 0 radical (unpaired) electrons. The van der Waals surface area contributed by atoms with Gasteiger partial charge < -0.3 is 5.11 Å². The van der Waals surface area contributed by atoms with Crippen molar-refractivity contribution in [1.29, 1.82) is 0 Å². The summed E-state index contributed by atoms with van der Waals surface area (Å²) in [5, 5.41) is 11.1. The SMILES string of the molecule is CCCCCC1CCC(O)(c2cc(Cc3ccc(F)c(F)c3)cc(F)c2F)CC1. The lowest BCUT2D eigenvalue weighted by atomic mass is 9.73. The van der Waals surface area contributed by atoms with E-state index in [2.05, 4.69) is 6.92 Å². The average molecular weight is 408 g/mol. The largest absolute Gasteiger partial charge is 0.385 e. The molecular weight excluding hydrogens is 380 g/mol. The molecule has 0 saturated heterocycles. The standard InChI is InChI=1S/C24H28F4O/c1-2-3-4-5-16-8-10-24(29,11-9-16)19-13-18(15-22(27)23(19)28)12-17-6-7-20(25)21(26)14-17/h6-7,13-16,29H,2-5,8-12H2,1H3. The van der Waals surface area contributed by atoms with Gasteiger partial charge in [-0.3, -0.25) is 0 Å². The highest BCUT2D eigenvalue weighted by Gasteiger charge is 2.37. The molecule has 0 amide bonds. The van der Waals surface area contributed by atoms with Gasteiger partial charge in [-0.25, -0.2) is 17.6 Å². The van der Waals surface area contributed by atoms with Gasteiger partial charge >= 0.3 is 0 Å². The first kappa shape index (κ1) is 21.8. The Kier molecular flexibility index (Phi) is 6.99. The third-order valence-electron chi connectivity index (χ3n) is 6.13. The zero-order valence-corrected chi connectivity index (χ0v) is 16.8. The summed E-state index contributed by atoms with van der Waals surface area (Å²) in [6.07, 6.45) is 7.10. The maximum absolute atomic E-state index is 14.6. The second-order valence-electron chi connectivity index (χ2n) is 8.34.